The second kappa shape index (κ2) is 10.5. The molecule has 0 aliphatic carbocycles. The summed E-state index contributed by atoms with van der Waals surface area (Å²) in [6.07, 6.45) is 4.66. The van der Waals surface area contributed by atoms with Crippen molar-refractivity contribution >= 4 is 12.4 Å². The van der Waals surface area contributed by atoms with Gasteiger partial charge in [0.2, 0.25) is 0 Å². The van der Waals surface area contributed by atoms with Crippen LogP contribution in [0.3, 0.4) is 0 Å². The van der Waals surface area contributed by atoms with Crippen LogP contribution >= 0.6 is 12.4 Å². The fourth-order valence-electron chi connectivity index (χ4n) is 3.14. The lowest BCUT2D eigenvalue weighted by Gasteiger charge is -2.26. The third-order valence-electron chi connectivity index (χ3n) is 4.61. The highest BCUT2D eigenvalue weighted by atomic mass is 35.5. The Morgan fingerprint density at radius 3 is 1.88 bits per heavy atom. The van der Waals surface area contributed by atoms with E-state index in [-0.39, 0.29) is 12.4 Å². The molecule has 1 saturated heterocycles. The Hall–Kier alpha value is -1.35. The number of hydrogen-bond donors (Lipinski definition) is 0. The average Bonchev–Trinajstić information content (AvgIpc) is 2.63. The van der Waals surface area contributed by atoms with E-state index in [9.17, 15) is 0 Å². The quantitative estimate of drug-likeness (QED) is 0.747. The van der Waals surface area contributed by atoms with Gasteiger partial charge in [-0.05, 0) is 48.9 Å². The molecule has 3 rings (SSSR count). The fraction of sp³-hybridized carbons (Fsp3) is 0.429. The minimum Gasteiger partial charge on any atom is -0.379 e. The zero-order valence-corrected chi connectivity index (χ0v) is 15.1. The first-order valence-electron chi connectivity index (χ1n) is 8.82. The smallest absolute Gasteiger partial charge is 0.0594 e. The SMILES string of the molecule is Cl.c1ccc(CCc2ccc(CCCN3CCOCC3)cc2)cc1. The van der Waals surface area contributed by atoms with Crippen LogP contribution in [0.2, 0.25) is 0 Å². The number of nitrogens with zero attached hydrogens (tertiary/aromatic N) is 1. The van der Waals surface area contributed by atoms with Gasteiger partial charge in [0, 0.05) is 13.1 Å². The molecule has 24 heavy (non-hydrogen) atoms. The predicted molar refractivity (Wildman–Crippen MR) is 103 cm³/mol. The molecule has 1 aliphatic rings. The van der Waals surface area contributed by atoms with E-state index < -0.39 is 0 Å². The summed E-state index contributed by atoms with van der Waals surface area (Å²) in [6.45, 7) is 5.18. The first-order chi connectivity index (χ1) is 11.4. The molecule has 130 valence electrons. The van der Waals surface area contributed by atoms with Gasteiger partial charge < -0.3 is 4.74 Å². The average molecular weight is 346 g/mol. The lowest BCUT2D eigenvalue weighted by atomic mass is 10.0. The highest BCUT2D eigenvalue weighted by molar-refractivity contribution is 5.85. The van der Waals surface area contributed by atoms with Gasteiger partial charge in [-0.25, -0.2) is 0 Å². The van der Waals surface area contributed by atoms with E-state index in [0.717, 1.165) is 39.1 Å². The number of benzene rings is 2. The molecule has 0 N–H and O–H groups in total. The van der Waals surface area contributed by atoms with E-state index in [1.165, 1.54) is 36.1 Å². The van der Waals surface area contributed by atoms with Crippen LogP contribution in [0.15, 0.2) is 54.6 Å². The van der Waals surface area contributed by atoms with Gasteiger partial charge in [-0.3, -0.25) is 4.90 Å². The van der Waals surface area contributed by atoms with Gasteiger partial charge in [-0.1, -0.05) is 54.6 Å². The summed E-state index contributed by atoms with van der Waals surface area (Å²) in [5.41, 5.74) is 4.31. The molecule has 1 fully saturated rings. The maximum absolute atomic E-state index is 5.39. The molecule has 1 aliphatic heterocycles. The van der Waals surface area contributed by atoms with Crippen molar-refractivity contribution in [3.8, 4) is 0 Å². The second-order valence-electron chi connectivity index (χ2n) is 6.36. The molecule has 0 saturated carbocycles. The molecule has 0 atom stereocenters. The molecular formula is C21H28ClNO. The standard InChI is InChI=1S/C21H27NO.ClH/c1-2-5-19(6-3-1)8-11-21-12-9-20(10-13-21)7-4-14-22-15-17-23-18-16-22;/h1-3,5-6,9-10,12-13H,4,7-8,11,14-18H2;1H. The summed E-state index contributed by atoms with van der Waals surface area (Å²) in [5, 5.41) is 0. The summed E-state index contributed by atoms with van der Waals surface area (Å²) in [6, 6.07) is 19.9. The van der Waals surface area contributed by atoms with E-state index in [0.29, 0.717) is 0 Å². The zero-order chi connectivity index (χ0) is 15.7. The topological polar surface area (TPSA) is 12.5 Å². The van der Waals surface area contributed by atoms with Crippen molar-refractivity contribution in [2.24, 2.45) is 0 Å². The highest BCUT2D eigenvalue weighted by Crippen LogP contribution is 2.11. The Morgan fingerprint density at radius 1 is 0.708 bits per heavy atom. The van der Waals surface area contributed by atoms with E-state index >= 15 is 0 Å². The lowest BCUT2D eigenvalue weighted by molar-refractivity contribution is 0.0375. The van der Waals surface area contributed by atoms with Crippen LogP contribution in [0.25, 0.3) is 0 Å². The third kappa shape index (κ3) is 6.27. The third-order valence-corrected chi connectivity index (χ3v) is 4.61. The van der Waals surface area contributed by atoms with Crippen LogP contribution in [0, 0.1) is 0 Å². The lowest BCUT2D eigenvalue weighted by Crippen LogP contribution is -2.36. The van der Waals surface area contributed by atoms with Crippen molar-refractivity contribution in [1.82, 2.24) is 4.90 Å². The Balaban J connectivity index is 0.00000208. The van der Waals surface area contributed by atoms with E-state index in [1.54, 1.807) is 0 Å². The molecular weight excluding hydrogens is 318 g/mol. The zero-order valence-electron chi connectivity index (χ0n) is 14.3. The van der Waals surface area contributed by atoms with Gasteiger partial charge in [0.15, 0.2) is 0 Å². The van der Waals surface area contributed by atoms with Gasteiger partial charge in [0.1, 0.15) is 0 Å². The first-order valence-corrected chi connectivity index (χ1v) is 8.82. The molecule has 0 aromatic heterocycles. The molecule has 1 heterocycles. The molecule has 2 nitrogen and oxygen atoms in total. The van der Waals surface area contributed by atoms with E-state index in [1.807, 2.05) is 0 Å². The van der Waals surface area contributed by atoms with Crippen LogP contribution in [0.5, 0.6) is 0 Å². The molecule has 0 bridgehead atoms. The maximum Gasteiger partial charge on any atom is 0.0594 e. The van der Waals surface area contributed by atoms with Gasteiger partial charge in [0.05, 0.1) is 13.2 Å². The van der Waals surface area contributed by atoms with Crippen LogP contribution in [0.4, 0.5) is 0 Å². The Morgan fingerprint density at radius 2 is 1.25 bits per heavy atom. The molecule has 2 aromatic rings. The minimum atomic E-state index is 0. The van der Waals surface area contributed by atoms with Gasteiger partial charge in [0.25, 0.3) is 0 Å². The number of morpholine rings is 1. The predicted octanol–water partition coefficient (Wildman–Crippen LogP) is 4.16. The monoisotopic (exact) mass is 345 g/mol. The van der Waals surface area contributed by atoms with Gasteiger partial charge in [-0.15, -0.1) is 12.4 Å². The molecule has 0 unspecified atom stereocenters. The summed E-state index contributed by atoms with van der Waals surface area (Å²) < 4.78 is 5.39. The highest BCUT2D eigenvalue weighted by Gasteiger charge is 2.09. The number of rotatable bonds is 7. The Labute approximate surface area is 152 Å². The second-order valence-corrected chi connectivity index (χ2v) is 6.36. The molecule has 0 amide bonds. The van der Waals surface area contributed by atoms with E-state index in [4.69, 9.17) is 4.74 Å². The number of ether oxygens (including phenoxy) is 1. The summed E-state index contributed by atoms with van der Waals surface area (Å²) >= 11 is 0. The van der Waals surface area contributed by atoms with Crippen molar-refractivity contribution in [3.63, 3.8) is 0 Å². The largest absolute Gasteiger partial charge is 0.379 e. The summed E-state index contributed by atoms with van der Waals surface area (Å²) in [4.78, 5) is 2.51. The van der Waals surface area contributed by atoms with Crippen LogP contribution in [-0.4, -0.2) is 37.7 Å². The fourth-order valence-corrected chi connectivity index (χ4v) is 3.14. The Bertz CT molecular complexity index is 564. The van der Waals surface area contributed by atoms with Gasteiger partial charge >= 0.3 is 0 Å². The van der Waals surface area contributed by atoms with Crippen molar-refractivity contribution in [2.75, 3.05) is 32.8 Å². The van der Waals surface area contributed by atoms with E-state index in [2.05, 4.69) is 59.5 Å². The van der Waals surface area contributed by atoms with Crippen molar-refractivity contribution in [1.29, 1.82) is 0 Å². The normalized spacial score (nSPS) is 15.0. The number of hydrogen-bond acceptors (Lipinski definition) is 2. The summed E-state index contributed by atoms with van der Waals surface area (Å²) in [5.74, 6) is 0. The first kappa shape index (κ1) is 19.0. The van der Waals surface area contributed by atoms with Crippen molar-refractivity contribution in [3.05, 3.63) is 71.3 Å². The molecule has 0 spiro atoms. The molecule has 2 aromatic carbocycles. The summed E-state index contributed by atoms with van der Waals surface area (Å²) in [7, 11) is 0. The minimum absolute atomic E-state index is 0. The van der Waals surface area contributed by atoms with Crippen molar-refractivity contribution in [2.45, 2.75) is 25.7 Å². The van der Waals surface area contributed by atoms with Crippen molar-refractivity contribution < 1.29 is 4.74 Å². The number of halogens is 1. The van der Waals surface area contributed by atoms with Crippen LogP contribution in [-0.2, 0) is 24.0 Å². The van der Waals surface area contributed by atoms with Crippen LogP contribution < -0.4 is 0 Å². The van der Waals surface area contributed by atoms with Crippen LogP contribution in [0.1, 0.15) is 23.1 Å². The maximum atomic E-state index is 5.39. The molecule has 0 radical (unpaired) electrons. The Kier molecular flexibility index (Phi) is 8.31. The molecule has 3 heteroatoms. The number of aryl methyl sites for hydroxylation is 3. The van der Waals surface area contributed by atoms with Gasteiger partial charge in [-0.2, -0.15) is 0 Å².